The van der Waals surface area contributed by atoms with Gasteiger partial charge in [-0.05, 0) is 123 Å². The Bertz CT molecular complexity index is 1070. The molecule has 69 heavy (non-hydrogen) atoms. The van der Waals surface area contributed by atoms with Gasteiger partial charge in [0.25, 0.3) is 0 Å². The first-order chi connectivity index (χ1) is 33.8. The van der Waals surface area contributed by atoms with Crippen molar-refractivity contribution in [3.05, 3.63) is 36.5 Å². The largest absolute Gasteiger partial charge is 0.465 e. The Morgan fingerprint density at radius 3 is 0.783 bits per heavy atom. The van der Waals surface area contributed by atoms with Crippen molar-refractivity contribution < 1.29 is 28.6 Å². The molecule has 0 N–H and O–H groups in total. The molecule has 0 saturated heterocycles. The van der Waals surface area contributed by atoms with E-state index in [0.29, 0.717) is 32.2 Å². The van der Waals surface area contributed by atoms with Crippen LogP contribution in [0.5, 0.6) is 0 Å². The van der Waals surface area contributed by atoms with Crippen LogP contribution >= 0.6 is 0 Å². The van der Waals surface area contributed by atoms with Gasteiger partial charge in [-0.15, -0.1) is 0 Å². The number of hydrogen-bond acceptors (Lipinski definition) is 7. The summed E-state index contributed by atoms with van der Waals surface area (Å²) in [5.41, 5.74) is -0.807. The summed E-state index contributed by atoms with van der Waals surface area (Å²) in [4.78, 5) is 41.4. The number of unbranched alkanes of at least 4 members (excludes halogenated alkanes) is 33. The number of carbonyl (C=O) groups excluding carboxylic acids is 3. The number of rotatable bonds is 54. The summed E-state index contributed by atoms with van der Waals surface area (Å²) < 4.78 is 17.8. The number of nitrogens with zero attached hydrogens (tertiary/aromatic N) is 1. The average Bonchev–Trinajstić information content (AvgIpc) is 3.34. The van der Waals surface area contributed by atoms with E-state index in [1.54, 1.807) is 0 Å². The van der Waals surface area contributed by atoms with E-state index in [-0.39, 0.29) is 37.7 Å². The standard InChI is InChI=1S/C62H115NO6/c1-6-9-12-15-18-21-24-27-30-33-36-39-42-45-48-51-59(64)67-56-62(54-55-63(4)5,57-68-60(65)52-49-46-43-40-37-34-31-28-25-22-19-16-13-10-7-2)58-69-61(66)53-50-47-44-41-38-35-32-29-26-23-20-17-14-11-8-3/h27-32H,6-26,33-58H2,1-5H3/b30-27-,31-28-,32-29-. The van der Waals surface area contributed by atoms with Gasteiger partial charge in [0.2, 0.25) is 0 Å². The van der Waals surface area contributed by atoms with Crippen molar-refractivity contribution in [3.63, 3.8) is 0 Å². The quantitative estimate of drug-likeness (QED) is 0.0260. The van der Waals surface area contributed by atoms with Crippen LogP contribution in [-0.4, -0.2) is 63.3 Å². The van der Waals surface area contributed by atoms with E-state index in [0.717, 1.165) is 77.0 Å². The molecular formula is C62H115NO6. The lowest BCUT2D eigenvalue weighted by molar-refractivity contribution is -0.163. The van der Waals surface area contributed by atoms with Crippen molar-refractivity contribution in [3.8, 4) is 0 Å². The number of carbonyl (C=O) groups is 3. The maximum absolute atomic E-state index is 13.1. The van der Waals surface area contributed by atoms with E-state index in [2.05, 4.69) is 62.1 Å². The molecule has 0 aromatic rings. The molecule has 0 saturated carbocycles. The average molecular weight is 971 g/mol. The number of esters is 3. The molecule has 7 nitrogen and oxygen atoms in total. The Hall–Kier alpha value is -2.41. The minimum atomic E-state index is -0.807. The molecule has 404 valence electrons. The Balaban J connectivity index is 4.92. The van der Waals surface area contributed by atoms with Crippen LogP contribution in [0.1, 0.15) is 297 Å². The zero-order valence-corrected chi connectivity index (χ0v) is 46.6. The first-order valence-corrected chi connectivity index (χ1v) is 29.8. The lowest BCUT2D eigenvalue weighted by Crippen LogP contribution is -2.41. The summed E-state index contributed by atoms with van der Waals surface area (Å²) in [7, 11) is 4.00. The molecule has 0 aliphatic carbocycles. The molecule has 0 amide bonds. The topological polar surface area (TPSA) is 82.1 Å². The SMILES string of the molecule is CCCCCCCC/C=C\CCCCCCCC(=O)OCC(CCN(C)C)(COC(=O)CCCCCCC/C=C\CCCCCCCC)COC(=O)CCCCCCC/C=C\CCCCCCCC. The molecule has 0 aromatic carbocycles. The van der Waals surface area contributed by atoms with E-state index in [9.17, 15) is 14.4 Å². The third kappa shape index (κ3) is 50.3. The van der Waals surface area contributed by atoms with E-state index in [4.69, 9.17) is 14.2 Å². The summed E-state index contributed by atoms with van der Waals surface area (Å²) in [5.74, 6) is -0.705. The number of ether oxygens (including phenoxy) is 3. The highest BCUT2D eigenvalue weighted by Gasteiger charge is 2.36. The highest BCUT2D eigenvalue weighted by atomic mass is 16.6. The van der Waals surface area contributed by atoms with E-state index in [1.807, 2.05) is 14.1 Å². The van der Waals surface area contributed by atoms with Gasteiger partial charge in [0.05, 0.1) is 5.41 Å². The molecular weight excluding hydrogens is 855 g/mol. The molecule has 0 bridgehead atoms. The molecule has 0 radical (unpaired) electrons. The molecule has 0 unspecified atom stereocenters. The van der Waals surface area contributed by atoms with E-state index < -0.39 is 5.41 Å². The molecule has 0 aliphatic heterocycles. The predicted octanol–water partition coefficient (Wildman–Crippen LogP) is 18.7. The third-order valence-electron chi connectivity index (χ3n) is 13.6. The fourth-order valence-electron chi connectivity index (χ4n) is 8.74. The number of allylic oxidation sites excluding steroid dienone is 6. The minimum absolute atomic E-state index is 0.0616. The molecule has 0 atom stereocenters. The third-order valence-corrected chi connectivity index (χ3v) is 13.6. The van der Waals surface area contributed by atoms with Crippen molar-refractivity contribution in [2.45, 2.75) is 297 Å². The highest BCUT2D eigenvalue weighted by molar-refractivity contribution is 5.70. The molecule has 0 aromatic heterocycles. The molecule has 0 heterocycles. The summed E-state index contributed by atoms with van der Waals surface area (Å²) in [6.45, 7) is 7.67. The predicted molar refractivity (Wildman–Crippen MR) is 297 cm³/mol. The van der Waals surface area contributed by atoms with Gasteiger partial charge in [0.15, 0.2) is 0 Å². The molecule has 7 heteroatoms. The zero-order chi connectivity index (χ0) is 50.4. The van der Waals surface area contributed by atoms with Crippen molar-refractivity contribution in [2.75, 3.05) is 40.5 Å². The lowest BCUT2D eigenvalue weighted by Gasteiger charge is -2.33. The van der Waals surface area contributed by atoms with Gasteiger partial charge in [-0.2, -0.15) is 0 Å². The summed E-state index contributed by atoms with van der Waals surface area (Å²) in [5, 5.41) is 0. The molecule has 0 aliphatic rings. The van der Waals surface area contributed by atoms with Crippen molar-refractivity contribution in [1.82, 2.24) is 4.90 Å². The van der Waals surface area contributed by atoms with Gasteiger partial charge >= 0.3 is 17.9 Å². The van der Waals surface area contributed by atoms with E-state index >= 15 is 0 Å². The second kappa shape index (κ2) is 53.4. The molecule has 0 spiro atoms. The van der Waals surface area contributed by atoms with Crippen LogP contribution in [0.3, 0.4) is 0 Å². The van der Waals surface area contributed by atoms with Crippen molar-refractivity contribution in [1.29, 1.82) is 0 Å². The summed E-state index contributed by atoms with van der Waals surface area (Å²) in [6.07, 6.45) is 62.9. The van der Waals surface area contributed by atoms with Gasteiger partial charge < -0.3 is 19.1 Å². The van der Waals surface area contributed by atoms with Crippen LogP contribution in [0.4, 0.5) is 0 Å². The Kier molecular flexibility index (Phi) is 51.5. The lowest BCUT2D eigenvalue weighted by atomic mass is 9.86. The smallest absolute Gasteiger partial charge is 0.305 e. The normalized spacial score (nSPS) is 12.1. The van der Waals surface area contributed by atoms with Gasteiger partial charge in [0, 0.05) is 19.3 Å². The second-order valence-electron chi connectivity index (χ2n) is 21.0. The van der Waals surface area contributed by atoms with Crippen LogP contribution in [0.2, 0.25) is 0 Å². The van der Waals surface area contributed by atoms with Gasteiger partial charge in [-0.3, -0.25) is 14.4 Å². The van der Waals surface area contributed by atoms with Gasteiger partial charge in [-0.1, -0.05) is 211 Å². The van der Waals surface area contributed by atoms with Gasteiger partial charge in [0.1, 0.15) is 19.8 Å². The van der Waals surface area contributed by atoms with Gasteiger partial charge in [-0.25, -0.2) is 0 Å². The second-order valence-corrected chi connectivity index (χ2v) is 21.0. The first-order valence-electron chi connectivity index (χ1n) is 29.8. The van der Waals surface area contributed by atoms with Crippen LogP contribution in [0, 0.1) is 5.41 Å². The monoisotopic (exact) mass is 970 g/mol. The van der Waals surface area contributed by atoms with Crippen LogP contribution in [0.25, 0.3) is 0 Å². The highest BCUT2D eigenvalue weighted by Crippen LogP contribution is 2.27. The molecule has 0 fully saturated rings. The van der Waals surface area contributed by atoms with Crippen molar-refractivity contribution in [2.24, 2.45) is 5.41 Å². The fourth-order valence-corrected chi connectivity index (χ4v) is 8.74. The van der Waals surface area contributed by atoms with Crippen molar-refractivity contribution >= 4 is 17.9 Å². The fraction of sp³-hybridized carbons (Fsp3) is 0.855. The first kappa shape index (κ1) is 66.6. The Morgan fingerprint density at radius 1 is 0.333 bits per heavy atom. The zero-order valence-electron chi connectivity index (χ0n) is 46.6. The number of hydrogen-bond donors (Lipinski definition) is 0. The van der Waals surface area contributed by atoms with Crippen LogP contribution in [-0.2, 0) is 28.6 Å². The Morgan fingerprint density at radius 2 is 0.551 bits per heavy atom. The van der Waals surface area contributed by atoms with Crippen LogP contribution in [0.15, 0.2) is 36.5 Å². The maximum atomic E-state index is 13.1. The minimum Gasteiger partial charge on any atom is -0.465 e. The van der Waals surface area contributed by atoms with E-state index in [1.165, 1.54) is 173 Å². The maximum Gasteiger partial charge on any atom is 0.305 e. The summed E-state index contributed by atoms with van der Waals surface area (Å²) in [6, 6.07) is 0. The summed E-state index contributed by atoms with van der Waals surface area (Å²) >= 11 is 0. The Labute approximate surface area is 429 Å². The van der Waals surface area contributed by atoms with Crippen LogP contribution < -0.4 is 0 Å². The molecule has 0 rings (SSSR count).